The Morgan fingerprint density at radius 1 is 0.939 bits per heavy atom. The molecule has 10 heteroatoms. The average Bonchev–Trinajstić information content (AvgIpc) is 2.74. The number of ketones is 1. The molecule has 0 aliphatic heterocycles. The quantitative estimate of drug-likeness (QED) is 0.229. The second-order valence-corrected chi connectivity index (χ2v) is 7.36. The zero-order valence-electron chi connectivity index (χ0n) is 17.8. The standard InChI is InChI=1S/C23H23F6NO3/c1-2-33-20(32)8-4-3-6-17(31)14-18(15-9-11-16(12-10-15)22(24,25)26)21-19(23(27,28)29)7-5-13-30-21/h5,7,9-13,18H,2-4,6,8,14H2,1H3/t18-/m0/s1. The van der Waals surface area contributed by atoms with Crippen molar-refractivity contribution >= 4 is 11.8 Å². The van der Waals surface area contributed by atoms with Crippen LogP contribution in [0, 0.1) is 0 Å². The molecule has 0 saturated carbocycles. The van der Waals surface area contributed by atoms with E-state index in [0.717, 1.165) is 42.6 Å². The van der Waals surface area contributed by atoms with Crippen molar-refractivity contribution in [2.45, 2.75) is 57.3 Å². The lowest BCUT2D eigenvalue weighted by molar-refractivity contribution is -0.143. The number of hydrogen-bond acceptors (Lipinski definition) is 4. The Morgan fingerprint density at radius 2 is 1.58 bits per heavy atom. The van der Waals surface area contributed by atoms with Gasteiger partial charge in [0.2, 0.25) is 0 Å². The predicted octanol–water partition coefficient (Wildman–Crippen LogP) is 6.33. The molecule has 0 radical (unpaired) electrons. The van der Waals surface area contributed by atoms with E-state index in [0.29, 0.717) is 12.8 Å². The van der Waals surface area contributed by atoms with E-state index in [9.17, 15) is 35.9 Å². The molecule has 180 valence electrons. The minimum atomic E-state index is -4.75. The zero-order chi connectivity index (χ0) is 24.6. The lowest BCUT2D eigenvalue weighted by Gasteiger charge is -2.21. The van der Waals surface area contributed by atoms with Gasteiger partial charge in [0.05, 0.1) is 23.4 Å². The van der Waals surface area contributed by atoms with Crippen LogP contribution in [0.2, 0.25) is 0 Å². The summed E-state index contributed by atoms with van der Waals surface area (Å²) >= 11 is 0. The van der Waals surface area contributed by atoms with Gasteiger partial charge in [0.1, 0.15) is 5.78 Å². The summed E-state index contributed by atoms with van der Waals surface area (Å²) in [4.78, 5) is 27.7. The molecule has 0 bridgehead atoms. The Kier molecular flexibility index (Phi) is 9.01. The van der Waals surface area contributed by atoms with Crippen LogP contribution < -0.4 is 0 Å². The third kappa shape index (κ3) is 7.87. The number of esters is 1. The third-order valence-corrected chi connectivity index (χ3v) is 4.94. The van der Waals surface area contributed by atoms with E-state index < -0.39 is 41.1 Å². The summed E-state index contributed by atoms with van der Waals surface area (Å²) in [5, 5.41) is 0. The van der Waals surface area contributed by atoms with Crippen molar-refractivity contribution in [1.29, 1.82) is 0 Å². The van der Waals surface area contributed by atoms with Crippen molar-refractivity contribution in [1.82, 2.24) is 4.98 Å². The molecule has 2 aromatic rings. The Hall–Kier alpha value is -2.91. The summed E-state index contributed by atoms with van der Waals surface area (Å²) in [6, 6.07) is 5.59. The molecule has 33 heavy (non-hydrogen) atoms. The summed E-state index contributed by atoms with van der Waals surface area (Å²) in [6.45, 7) is 1.90. The summed E-state index contributed by atoms with van der Waals surface area (Å²) < 4.78 is 84.2. The predicted molar refractivity (Wildman–Crippen MR) is 107 cm³/mol. The van der Waals surface area contributed by atoms with Crippen LogP contribution in [-0.4, -0.2) is 23.3 Å². The van der Waals surface area contributed by atoms with Crippen molar-refractivity contribution in [3.8, 4) is 0 Å². The van der Waals surface area contributed by atoms with E-state index in [1.54, 1.807) is 6.92 Å². The maximum absolute atomic E-state index is 13.6. The first-order valence-corrected chi connectivity index (χ1v) is 10.3. The maximum atomic E-state index is 13.6. The van der Waals surface area contributed by atoms with Gasteiger partial charge in [-0.3, -0.25) is 14.6 Å². The number of halogens is 6. The number of aromatic nitrogens is 1. The van der Waals surface area contributed by atoms with E-state index >= 15 is 0 Å². The molecule has 0 amide bonds. The number of carbonyl (C=O) groups excluding carboxylic acids is 2. The molecule has 0 fully saturated rings. The van der Waals surface area contributed by atoms with Crippen LogP contribution in [0.3, 0.4) is 0 Å². The number of alkyl halides is 6. The highest BCUT2D eigenvalue weighted by Gasteiger charge is 2.37. The smallest absolute Gasteiger partial charge is 0.418 e. The van der Waals surface area contributed by atoms with Crippen LogP contribution in [-0.2, 0) is 26.7 Å². The highest BCUT2D eigenvalue weighted by atomic mass is 19.4. The van der Waals surface area contributed by atoms with Gasteiger partial charge >= 0.3 is 18.3 Å². The highest BCUT2D eigenvalue weighted by Crippen LogP contribution is 2.39. The number of benzene rings is 1. The zero-order valence-corrected chi connectivity index (χ0v) is 17.8. The topological polar surface area (TPSA) is 56.3 Å². The fraction of sp³-hybridized carbons (Fsp3) is 0.435. The number of Topliss-reactive ketones (excluding diaryl/α,β-unsaturated/α-hetero) is 1. The summed E-state index contributed by atoms with van der Waals surface area (Å²) in [6.07, 6.45) is -7.77. The number of hydrogen-bond donors (Lipinski definition) is 0. The average molecular weight is 475 g/mol. The van der Waals surface area contributed by atoms with Gasteiger partial charge in [-0.25, -0.2) is 0 Å². The first-order valence-electron chi connectivity index (χ1n) is 10.3. The molecular weight excluding hydrogens is 452 g/mol. The lowest BCUT2D eigenvalue weighted by Crippen LogP contribution is -2.17. The Balaban J connectivity index is 2.26. The molecule has 1 atom stereocenters. The van der Waals surface area contributed by atoms with Gasteiger partial charge in [0, 0.05) is 31.4 Å². The molecule has 2 rings (SSSR count). The summed E-state index contributed by atoms with van der Waals surface area (Å²) in [7, 11) is 0. The number of rotatable bonds is 10. The molecule has 1 aromatic carbocycles. The largest absolute Gasteiger partial charge is 0.466 e. The SMILES string of the molecule is CCOC(=O)CCCCC(=O)C[C@@H](c1ccc(C(F)(F)F)cc1)c1ncccc1C(F)(F)F. The first-order chi connectivity index (χ1) is 15.4. The number of unbranched alkanes of at least 4 members (excludes halogenated alkanes) is 1. The number of nitrogens with zero attached hydrogens (tertiary/aromatic N) is 1. The van der Waals surface area contributed by atoms with E-state index in [1.165, 1.54) is 0 Å². The fourth-order valence-corrected chi connectivity index (χ4v) is 3.37. The van der Waals surface area contributed by atoms with Gasteiger partial charge in [-0.05, 0) is 49.6 Å². The molecule has 0 saturated heterocycles. The van der Waals surface area contributed by atoms with E-state index in [2.05, 4.69) is 4.98 Å². The van der Waals surface area contributed by atoms with Crippen LogP contribution in [0.5, 0.6) is 0 Å². The van der Waals surface area contributed by atoms with Gasteiger partial charge in [0.15, 0.2) is 0 Å². The first kappa shape index (κ1) is 26.3. The second-order valence-electron chi connectivity index (χ2n) is 7.36. The van der Waals surface area contributed by atoms with Crippen molar-refractivity contribution in [2.75, 3.05) is 6.61 Å². The Bertz CT molecular complexity index is 938. The van der Waals surface area contributed by atoms with Gasteiger partial charge in [-0.2, -0.15) is 26.3 Å². The molecular formula is C23H23F6NO3. The monoisotopic (exact) mass is 475 g/mol. The van der Waals surface area contributed by atoms with Gasteiger partial charge in [0.25, 0.3) is 0 Å². The van der Waals surface area contributed by atoms with Crippen LogP contribution in [0.1, 0.15) is 67.3 Å². The van der Waals surface area contributed by atoms with Crippen LogP contribution in [0.15, 0.2) is 42.6 Å². The second kappa shape index (κ2) is 11.3. The van der Waals surface area contributed by atoms with Crippen molar-refractivity contribution < 1.29 is 40.7 Å². The van der Waals surface area contributed by atoms with E-state index in [1.807, 2.05) is 0 Å². The molecule has 1 aromatic heterocycles. The van der Waals surface area contributed by atoms with Crippen molar-refractivity contribution in [2.24, 2.45) is 0 Å². The van der Waals surface area contributed by atoms with Crippen LogP contribution in [0.25, 0.3) is 0 Å². The molecule has 4 nitrogen and oxygen atoms in total. The van der Waals surface area contributed by atoms with Crippen LogP contribution in [0.4, 0.5) is 26.3 Å². The minimum Gasteiger partial charge on any atom is -0.466 e. The van der Waals surface area contributed by atoms with Crippen molar-refractivity contribution in [3.05, 3.63) is 65.0 Å². The molecule has 0 N–H and O–H groups in total. The lowest BCUT2D eigenvalue weighted by atomic mass is 9.86. The van der Waals surface area contributed by atoms with Gasteiger partial charge in [-0.15, -0.1) is 0 Å². The number of pyridine rings is 1. The van der Waals surface area contributed by atoms with Gasteiger partial charge < -0.3 is 4.74 Å². The normalized spacial score (nSPS) is 12.9. The molecule has 0 aliphatic carbocycles. The molecule has 0 aliphatic rings. The number of ether oxygens (including phenoxy) is 1. The molecule has 1 heterocycles. The van der Waals surface area contributed by atoms with Crippen molar-refractivity contribution in [3.63, 3.8) is 0 Å². The molecule has 0 spiro atoms. The maximum Gasteiger partial charge on any atom is 0.418 e. The Morgan fingerprint density at radius 3 is 2.15 bits per heavy atom. The van der Waals surface area contributed by atoms with Crippen LogP contribution >= 0.6 is 0 Å². The minimum absolute atomic E-state index is 0.00469. The third-order valence-electron chi connectivity index (χ3n) is 4.94. The summed E-state index contributed by atoms with van der Waals surface area (Å²) in [5.41, 5.74) is -2.31. The highest BCUT2D eigenvalue weighted by molar-refractivity contribution is 5.80. The van der Waals surface area contributed by atoms with Gasteiger partial charge in [-0.1, -0.05) is 12.1 Å². The fourth-order valence-electron chi connectivity index (χ4n) is 3.37. The summed E-state index contributed by atoms with van der Waals surface area (Å²) in [5.74, 6) is -1.97. The number of carbonyl (C=O) groups is 2. The van der Waals surface area contributed by atoms with E-state index in [4.69, 9.17) is 4.74 Å². The Labute approximate surface area is 187 Å². The molecule has 0 unspecified atom stereocenters. The van der Waals surface area contributed by atoms with E-state index in [-0.39, 0.29) is 37.2 Å².